The highest BCUT2D eigenvalue weighted by Crippen LogP contribution is 2.34. The van der Waals surface area contributed by atoms with Crippen LogP contribution in [0, 0.1) is 6.92 Å². The Morgan fingerprint density at radius 3 is 1.78 bits per heavy atom. The normalized spacial score (nSPS) is 10.5. The van der Waals surface area contributed by atoms with E-state index < -0.39 is 5.92 Å². The van der Waals surface area contributed by atoms with Gasteiger partial charge < -0.3 is 14.8 Å². The summed E-state index contributed by atoms with van der Waals surface area (Å²) in [5.41, 5.74) is 3.49. The van der Waals surface area contributed by atoms with Crippen LogP contribution in [0.1, 0.15) is 22.6 Å². The molecule has 0 aromatic heterocycles. The molecule has 1 amide bonds. The summed E-state index contributed by atoms with van der Waals surface area (Å²) in [6.45, 7) is 1.93. The summed E-state index contributed by atoms with van der Waals surface area (Å²) >= 11 is 0. The molecule has 0 unspecified atom stereocenters. The molecular formula is C23H23NO3. The third-order valence-corrected chi connectivity index (χ3v) is 4.52. The summed E-state index contributed by atoms with van der Waals surface area (Å²) in [5.74, 6) is 0.715. The molecule has 0 fully saturated rings. The van der Waals surface area contributed by atoms with Gasteiger partial charge in [0.15, 0.2) is 11.5 Å². The van der Waals surface area contributed by atoms with Crippen LogP contribution in [-0.4, -0.2) is 20.1 Å². The molecule has 4 heteroatoms. The Hall–Kier alpha value is -3.27. The number of anilines is 1. The van der Waals surface area contributed by atoms with Crippen LogP contribution in [0.2, 0.25) is 0 Å². The highest BCUT2D eigenvalue weighted by Gasteiger charge is 2.23. The molecule has 0 radical (unpaired) electrons. The first-order chi connectivity index (χ1) is 13.1. The Labute approximate surface area is 159 Å². The standard InChI is InChI=1S/C23H23NO3/c1-16-14-20(26-2)21(27-3)15-19(16)24-23(25)22(17-10-6-4-7-11-17)18-12-8-5-9-13-18/h4-15,22H,1-3H3,(H,24,25). The molecule has 0 bridgehead atoms. The highest BCUT2D eigenvalue weighted by molar-refractivity contribution is 5.99. The Kier molecular flexibility index (Phi) is 5.77. The molecule has 3 aromatic carbocycles. The number of carbonyl (C=O) groups is 1. The van der Waals surface area contributed by atoms with Gasteiger partial charge in [0.25, 0.3) is 0 Å². The number of hydrogen-bond acceptors (Lipinski definition) is 3. The largest absolute Gasteiger partial charge is 0.493 e. The second-order valence-electron chi connectivity index (χ2n) is 6.27. The van der Waals surface area contributed by atoms with Gasteiger partial charge in [-0.1, -0.05) is 60.7 Å². The molecule has 0 aliphatic carbocycles. The molecule has 4 nitrogen and oxygen atoms in total. The maximum atomic E-state index is 13.2. The van der Waals surface area contributed by atoms with Crippen molar-refractivity contribution in [3.8, 4) is 11.5 Å². The monoisotopic (exact) mass is 361 g/mol. The fraction of sp³-hybridized carbons (Fsp3) is 0.174. The lowest BCUT2D eigenvalue weighted by Gasteiger charge is -2.19. The maximum absolute atomic E-state index is 13.2. The fourth-order valence-electron chi connectivity index (χ4n) is 3.11. The Balaban J connectivity index is 1.97. The number of amides is 1. The summed E-state index contributed by atoms with van der Waals surface area (Å²) < 4.78 is 10.7. The Morgan fingerprint density at radius 2 is 1.30 bits per heavy atom. The predicted molar refractivity (Wildman–Crippen MR) is 108 cm³/mol. The second kappa shape index (κ2) is 8.41. The van der Waals surface area contributed by atoms with E-state index in [0.717, 1.165) is 16.7 Å². The van der Waals surface area contributed by atoms with Crippen molar-refractivity contribution in [2.24, 2.45) is 0 Å². The number of aryl methyl sites for hydroxylation is 1. The molecular weight excluding hydrogens is 338 g/mol. The lowest BCUT2D eigenvalue weighted by Crippen LogP contribution is -2.22. The first-order valence-corrected chi connectivity index (χ1v) is 8.77. The van der Waals surface area contributed by atoms with E-state index >= 15 is 0 Å². The summed E-state index contributed by atoms with van der Waals surface area (Å²) in [4.78, 5) is 13.2. The van der Waals surface area contributed by atoms with Gasteiger partial charge in [-0.3, -0.25) is 4.79 Å². The van der Waals surface area contributed by atoms with Crippen molar-refractivity contribution in [3.05, 3.63) is 89.5 Å². The molecule has 1 N–H and O–H groups in total. The molecule has 3 aromatic rings. The van der Waals surface area contributed by atoms with E-state index in [4.69, 9.17) is 9.47 Å². The number of hydrogen-bond donors (Lipinski definition) is 1. The molecule has 0 aliphatic rings. The number of benzene rings is 3. The maximum Gasteiger partial charge on any atom is 0.236 e. The predicted octanol–water partition coefficient (Wildman–Crippen LogP) is 4.78. The van der Waals surface area contributed by atoms with Crippen molar-refractivity contribution in [2.75, 3.05) is 19.5 Å². The summed E-state index contributed by atoms with van der Waals surface area (Å²) in [5, 5.41) is 3.06. The van der Waals surface area contributed by atoms with Gasteiger partial charge >= 0.3 is 0 Å². The quantitative estimate of drug-likeness (QED) is 0.687. The zero-order valence-corrected chi connectivity index (χ0v) is 15.7. The van der Waals surface area contributed by atoms with Crippen LogP contribution < -0.4 is 14.8 Å². The molecule has 0 saturated heterocycles. The summed E-state index contributed by atoms with van der Waals surface area (Å²) in [6, 6.07) is 23.2. The third kappa shape index (κ3) is 4.11. The Bertz CT molecular complexity index is 868. The van der Waals surface area contributed by atoms with E-state index in [-0.39, 0.29) is 5.91 Å². The van der Waals surface area contributed by atoms with E-state index in [2.05, 4.69) is 5.32 Å². The number of carbonyl (C=O) groups excluding carboxylic acids is 1. The van der Waals surface area contributed by atoms with Gasteiger partial charge in [-0.2, -0.15) is 0 Å². The zero-order valence-electron chi connectivity index (χ0n) is 15.7. The SMILES string of the molecule is COc1cc(C)c(NC(=O)C(c2ccccc2)c2ccccc2)cc1OC. The topological polar surface area (TPSA) is 47.6 Å². The van der Waals surface area contributed by atoms with Gasteiger partial charge in [0.1, 0.15) is 0 Å². The van der Waals surface area contributed by atoms with Crippen LogP contribution in [0.5, 0.6) is 11.5 Å². The van der Waals surface area contributed by atoms with Crippen LogP contribution in [0.3, 0.4) is 0 Å². The average molecular weight is 361 g/mol. The number of ether oxygens (including phenoxy) is 2. The minimum atomic E-state index is -0.403. The number of nitrogens with one attached hydrogen (secondary N) is 1. The average Bonchev–Trinajstić information content (AvgIpc) is 2.71. The zero-order chi connectivity index (χ0) is 19.2. The summed E-state index contributed by atoms with van der Waals surface area (Å²) in [7, 11) is 3.17. The van der Waals surface area contributed by atoms with Crippen LogP contribution >= 0.6 is 0 Å². The van der Waals surface area contributed by atoms with Gasteiger partial charge in [-0.15, -0.1) is 0 Å². The van der Waals surface area contributed by atoms with Crippen molar-refractivity contribution >= 4 is 11.6 Å². The van der Waals surface area contributed by atoms with Crippen LogP contribution in [0.4, 0.5) is 5.69 Å². The summed E-state index contributed by atoms with van der Waals surface area (Å²) in [6.07, 6.45) is 0. The molecule has 0 saturated carbocycles. The molecule has 3 rings (SSSR count). The van der Waals surface area contributed by atoms with Crippen LogP contribution in [0.15, 0.2) is 72.8 Å². The van der Waals surface area contributed by atoms with Crippen molar-refractivity contribution in [1.82, 2.24) is 0 Å². The van der Waals surface area contributed by atoms with E-state index in [9.17, 15) is 4.79 Å². The smallest absolute Gasteiger partial charge is 0.236 e. The lowest BCUT2D eigenvalue weighted by molar-refractivity contribution is -0.116. The van der Waals surface area contributed by atoms with E-state index in [1.54, 1.807) is 20.3 Å². The molecule has 0 atom stereocenters. The minimum absolute atomic E-state index is 0.0947. The van der Waals surface area contributed by atoms with E-state index in [1.807, 2.05) is 73.7 Å². The second-order valence-corrected chi connectivity index (χ2v) is 6.27. The van der Waals surface area contributed by atoms with E-state index in [1.165, 1.54) is 0 Å². The van der Waals surface area contributed by atoms with Crippen molar-refractivity contribution in [3.63, 3.8) is 0 Å². The first kappa shape index (κ1) is 18.5. The minimum Gasteiger partial charge on any atom is -0.493 e. The molecule has 0 spiro atoms. The fourth-order valence-corrected chi connectivity index (χ4v) is 3.11. The van der Waals surface area contributed by atoms with Crippen LogP contribution in [-0.2, 0) is 4.79 Å². The molecule has 0 heterocycles. The van der Waals surface area contributed by atoms with Crippen molar-refractivity contribution in [2.45, 2.75) is 12.8 Å². The van der Waals surface area contributed by atoms with Crippen molar-refractivity contribution in [1.29, 1.82) is 0 Å². The molecule has 0 aliphatic heterocycles. The molecule has 138 valence electrons. The van der Waals surface area contributed by atoms with Gasteiger partial charge in [0.2, 0.25) is 5.91 Å². The molecule has 27 heavy (non-hydrogen) atoms. The highest BCUT2D eigenvalue weighted by atomic mass is 16.5. The van der Waals surface area contributed by atoms with Gasteiger partial charge in [-0.05, 0) is 29.7 Å². The third-order valence-electron chi connectivity index (χ3n) is 4.52. The first-order valence-electron chi connectivity index (χ1n) is 8.77. The van der Waals surface area contributed by atoms with Crippen molar-refractivity contribution < 1.29 is 14.3 Å². The van der Waals surface area contributed by atoms with Crippen LogP contribution in [0.25, 0.3) is 0 Å². The van der Waals surface area contributed by atoms with Gasteiger partial charge in [-0.25, -0.2) is 0 Å². The number of methoxy groups -OCH3 is 2. The van der Waals surface area contributed by atoms with E-state index in [0.29, 0.717) is 17.2 Å². The lowest BCUT2D eigenvalue weighted by atomic mass is 9.90. The van der Waals surface area contributed by atoms with Gasteiger partial charge in [0, 0.05) is 11.8 Å². The number of rotatable bonds is 6. The van der Waals surface area contributed by atoms with Gasteiger partial charge in [0.05, 0.1) is 20.1 Å². The Morgan fingerprint density at radius 1 is 0.815 bits per heavy atom.